The number of hydrogen-bond donors (Lipinski definition) is 1. The van der Waals surface area contributed by atoms with Gasteiger partial charge >= 0.3 is 0 Å². The van der Waals surface area contributed by atoms with Crippen molar-refractivity contribution in [3.05, 3.63) is 50.4 Å². The molecule has 2 nitrogen and oxygen atoms in total. The Bertz CT molecular complexity index is 527. The van der Waals surface area contributed by atoms with Crippen LogP contribution < -0.4 is 4.74 Å². The molecular formula is C12H10BrFO2S. The summed E-state index contributed by atoms with van der Waals surface area (Å²) in [5.74, 6) is -0.385. The summed E-state index contributed by atoms with van der Waals surface area (Å²) in [6, 6.07) is 8.31. The third-order valence-corrected chi connectivity index (χ3v) is 4.05. The molecular weight excluding hydrogens is 307 g/mol. The number of thiophene rings is 1. The van der Waals surface area contributed by atoms with Gasteiger partial charge in [-0.2, -0.15) is 0 Å². The smallest absolute Gasteiger partial charge is 0.171 e. The lowest BCUT2D eigenvalue weighted by atomic mass is 10.1. The van der Waals surface area contributed by atoms with Crippen molar-refractivity contribution in [3.8, 4) is 5.75 Å². The molecule has 0 fully saturated rings. The van der Waals surface area contributed by atoms with E-state index in [-0.39, 0.29) is 11.3 Å². The highest BCUT2D eigenvalue weighted by molar-refractivity contribution is 9.11. The van der Waals surface area contributed by atoms with Gasteiger partial charge in [0.15, 0.2) is 11.6 Å². The molecule has 0 saturated carbocycles. The van der Waals surface area contributed by atoms with E-state index in [0.717, 1.165) is 3.79 Å². The van der Waals surface area contributed by atoms with E-state index in [2.05, 4.69) is 15.9 Å². The van der Waals surface area contributed by atoms with E-state index in [0.29, 0.717) is 4.88 Å². The van der Waals surface area contributed by atoms with Crippen molar-refractivity contribution in [3.63, 3.8) is 0 Å². The summed E-state index contributed by atoms with van der Waals surface area (Å²) in [7, 11) is 1.40. The van der Waals surface area contributed by atoms with Crippen LogP contribution in [-0.4, -0.2) is 12.2 Å². The van der Waals surface area contributed by atoms with Gasteiger partial charge in [-0.05, 0) is 34.1 Å². The Balaban J connectivity index is 2.40. The van der Waals surface area contributed by atoms with Crippen molar-refractivity contribution in [1.82, 2.24) is 0 Å². The van der Waals surface area contributed by atoms with Crippen molar-refractivity contribution >= 4 is 27.3 Å². The summed E-state index contributed by atoms with van der Waals surface area (Å²) < 4.78 is 19.7. The molecule has 1 aromatic carbocycles. The van der Waals surface area contributed by atoms with Crippen LogP contribution in [0.3, 0.4) is 0 Å². The molecule has 2 rings (SSSR count). The lowest BCUT2D eigenvalue weighted by molar-refractivity contribution is 0.217. The van der Waals surface area contributed by atoms with Crippen molar-refractivity contribution in [2.24, 2.45) is 0 Å². The summed E-state index contributed by atoms with van der Waals surface area (Å²) in [6.45, 7) is 0. The summed E-state index contributed by atoms with van der Waals surface area (Å²) in [5, 5.41) is 10.1. The van der Waals surface area contributed by atoms with Gasteiger partial charge in [0.05, 0.1) is 10.9 Å². The summed E-state index contributed by atoms with van der Waals surface area (Å²) in [5.41, 5.74) is 0.221. The number of halogens is 2. The van der Waals surface area contributed by atoms with Crippen molar-refractivity contribution < 1.29 is 14.2 Å². The van der Waals surface area contributed by atoms with Crippen LogP contribution in [0.5, 0.6) is 5.75 Å². The first-order chi connectivity index (χ1) is 8.13. The molecule has 1 heterocycles. The number of hydrogen-bond acceptors (Lipinski definition) is 3. The van der Waals surface area contributed by atoms with Crippen LogP contribution >= 0.6 is 27.3 Å². The molecule has 90 valence electrons. The zero-order valence-corrected chi connectivity index (χ0v) is 11.4. The second-order valence-corrected chi connectivity index (χ2v) is 5.90. The van der Waals surface area contributed by atoms with Gasteiger partial charge in [-0.1, -0.05) is 12.1 Å². The van der Waals surface area contributed by atoms with E-state index < -0.39 is 11.9 Å². The van der Waals surface area contributed by atoms with Gasteiger partial charge in [0.2, 0.25) is 0 Å². The zero-order valence-electron chi connectivity index (χ0n) is 8.98. The van der Waals surface area contributed by atoms with E-state index >= 15 is 0 Å². The quantitative estimate of drug-likeness (QED) is 0.934. The Morgan fingerprint density at radius 1 is 1.35 bits per heavy atom. The van der Waals surface area contributed by atoms with Gasteiger partial charge in [-0.3, -0.25) is 0 Å². The number of rotatable bonds is 3. The maximum absolute atomic E-state index is 13.9. The number of aliphatic hydroxyl groups excluding tert-OH is 1. The van der Waals surface area contributed by atoms with E-state index in [9.17, 15) is 9.50 Å². The average molecular weight is 317 g/mol. The molecule has 0 radical (unpaired) electrons. The first-order valence-corrected chi connectivity index (χ1v) is 6.50. The maximum Gasteiger partial charge on any atom is 0.171 e. The molecule has 1 N–H and O–H groups in total. The minimum atomic E-state index is -0.971. The van der Waals surface area contributed by atoms with Gasteiger partial charge in [0.25, 0.3) is 0 Å². The summed E-state index contributed by atoms with van der Waals surface area (Å²) in [4.78, 5) is 0.684. The molecule has 0 amide bonds. The fourth-order valence-corrected chi connectivity index (χ4v) is 2.95. The van der Waals surface area contributed by atoms with Crippen LogP contribution in [0.2, 0.25) is 0 Å². The predicted molar refractivity (Wildman–Crippen MR) is 69.0 cm³/mol. The second-order valence-electron chi connectivity index (χ2n) is 3.41. The zero-order chi connectivity index (χ0) is 12.4. The molecule has 1 unspecified atom stereocenters. The van der Waals surface area contributed by atoms with E-state index in [4.69, 9.17) is 4.74 Å². The molecule has 0 saturated heterocycles. The standard InChI is InChI=1S/C12H10BrFO2S/c1-16-8-4-2-3-7(11(8)14)12(15)9-5-6-10(13)17-9/h2-6,12,15H,1H3. The molecule has 1 aromatic heterocycles. The van der Waals surface area contributed by atoms with Gasteiger partial charge in [0.1, 0.15) is 6.10 Å². The van der Waals surface area contributed by atoms with Crippen LogP contribution in [0, 0.1) is 5.82 Å². The second kappa shape index (κ2) is 5.16. The molecule has 1 atom stereocenters. The number of benzene rings is 1. The molecule has 0 aliphatic rings. The number of ether oxygens (including phenoxy) is 1. The molecule has 5 heteroatoms. The van der Waals surface area contributed by atoms with Crippen LogP contribution in [0.25, 0.3) is 0 Å². The predicted octanol–water partition coefficient (Wildman–Crippen LogP) is 3.74. The summed E-state index contributed by atoms with van der Waals surface area (Å²) in [6.07, 6.45) is -0.971. The highest BCUT2D eigenvalue weighted by Gasteiger charge is 2.19. The largest absolute Gasteiger partial charge is 0.494 e. The Hall–Kier alpha value is -0.910. The molecule has 0 bridgehead atoms. The molecule has 2 aromatic rings. The molecule has 17 heavy (non-hydrogen) atoms. The Labute approximate surface area is 111 Å². The van der Waals surface area contributed by atoms with E-state index in [1.54, 1.807) is 18.2 Å². The van der Waals surface area contributed by atoms with Crippen LogP contribution in [0.4, 0.5) is 4.39 Å². The first kappa shape index (κ1) is 12.5. The van der Waals surface area contributed by atoms with E-state index in [1.165, 1.54) is 24.5 Å². The van der Waals surface area contributed by atoms with Gasteiger partial charge in [-0.25, -0.2) is 4.39 Å². The third-order valence-electron chi connectivity index (χ3n) is 2.37. The molecule has 0 aliphatic carbocycles. The van der Waals surface area contributed by atoms with Crippen LogP contribution in [-0.2, 0) is 0 Å². The lowest BCUT2D eigenvalue weighted by Crippen LogP contribution is -2.02. The maximum atomic E-state index is 13.9. The van der Waals surface area contributed by atoms with Crippen LogP contribution in [0.1, 0.15) is 16.5 Å². The van der Waals surface area contributed by atoms with Crippen molar-refractivity contribution in [2.75, 3.05) is 7.11 Å². The highest BCUT2D eigenvalue weighted by atomic mass is 79.9. The normalized spacial score (nSPS) is 12.5. The van der Waals surface area contributed by atoms with Crippen molar-refractivity contribution in [2.45, 2.75) is 6.10 Å². The summed E-state index contributed by atoms with van der Waals surface area (Å²) >= 11 is 4.68. The minimum Gasteiger partial charge on any atom is -0.494 e. The van der Waals surface area contributed by atoms with Crippen molar-refractivity contribution in [1.29, 1.82) is 0 Å². The Kier molecular flexibility index (Phi) is 3.81. The first-order valence-electron chi connectivity index (χ1n) is 4.89. The Morgan fingerprint density at radius 3 is 2.71 bits per heavy atom. The minimum absolute atomic E-state index is 0.136. The van der Waals surface area contributed by atoms with Gasteiger partial charge in [0, 0.05) is 10.4 Å². The van der Waals surface area contributed by atoms with Gasteiger partial charge in [-0.15, -0.1) is 11.3 Å². The van der Waals surface area contributed by atoms with Crippen LogP contribution in [0.15, 0.2) is 34.1 Å². The molecule has 0 spiro atoms. The van der Waals surface area contributed by atoms with Gasteiger partial charge < -0.3 is 9.84 Å². The Morgan fingerprint density at radius 2 is 2.12 bits per heavy atom. The number of methoxy groups -OCH3 is 1. The monoisotopic (exact) mass is 316 g/mol. The lowest BCUT2D eigenvalue weighted by Gasteiger charge is -2.12. The average Bonchev–Trinajstić information content (AvgIpc) is 2.75. The topological polar surface area (TPSA) is 29.5 Å². The number of aliphatic hydroxyl groups is 1. The SMILES string of the molecule is COc1cccc(C(O)c2ccc(Br)s2)c1F. The fraction of sp³-hybridized carbons (Fsp3) is 0.167. The van der Waals surface area contributed by atoms with E-state index in [1.807, 2.05) is 6.07 Å². The highest BCUT2D eigenvalue weighted by Crippen LogP contribution is 2.34. The third kappa shape index (κ3) is 2.51. The fourth-order valence-electron chi connectivity index (χ4n) is 1.53. The molecule has 0 aliphatic heterocycles.